The molecule has 0 aliphatic rings. The second-order valence-corrected chi connectivity index (χ2v) is 6.53. The first-order valence-electron chi connectivity index (χ1n) is 8.48. The highest BCUT2D eigenvalue weighted by atomic mass is 35.5. The van der Waals surface area contributed by atoms with Gasteiger partial charge in [0.25, 0.3) is 0 Å². The van der Waals surface area contributed by atoms with Crippen molar-refractivity contribution in [1.29, 1.82) is 0 Å². The van der Waals surface area contributed by atoms with E-state index in [0.29, 0.717) is 27.4 Å². The third-order valence-corrected chi connectivity index (χ3v) is 4.27. The monoisotopic (exact) mass is 375 g/mol. The van der Waals surface area contributed by atoms with Gasteiger partial charge in [0.2, 0.25) is 0 Å². The molecule has 0 heterocycles. The quantitative estimate of drug-likeness (QED) is 0.444. The number of ketones is 2. The molecule has 0 saturated heterocycles. The van der Waals surface area contributed by atoms with E-state index >= 15 is 0 Å². The van der Waals surface area contributed by atoms with Crippen molar-refractivity contribution >= 4 is 28.9 Å². The van der Waals surface area contributed by atoms with Crippen LogP contribution in [0.2, 0.25) is 5.02 Å². The number of anilines is 1. The van der Waals surface area contributed by atoms with Crippen molar-refractivity contribution in [2.24, 2.45) is 0 Å². The molecular formula is C23H18ClNO2. The summed E-state index contributed by atoms with van der Waals surface area (Å²) in [5.41, 5.74) is 3.25. The van der Waals surface area contributed by atoms with E-state index in [0.717, 1.165) is 5.56 Å². The zero-order chi connectivity index (χ0) is 19.2. The lowest BCUT2D eigenvalue weighted by molar-refractivity contribution is 0.103. The second-order valence-electron chi connectivity index (χ2n) is 6.10. The van der Waals surface area contributed by atoms with Crippen molar-refractivity contribution in [3.8, 4) is 0 Å². The van der Waals surface area contributed by atoms with Gasteiger partial charge in [0.1, 0.15) is 0 Å². The van der Waals surface area contributed by atoms with E-state index in [9.17, 15) is 9.59 Å². The zero-order valence-electron chi connectivity index (χ0n) is 14.8. The van der Waals surface area contributed by atoms with E-state index in [1.165, 1.54) is 12.3 Å². The molecule has 0 radical (unpaired) electrons. The molecule has 0 aromatic heterocycles. The van der Waals surface area contributed by atoms with Crippen molar-refractivity contribution in [1.82, 2.24) is 0 Å². The molecule has 0 aliphatic heterocycles. The number of nitrogens with one attached hydrogen (secondary N) is 1. The maximum absolute atomic E-state index is 12.8. The van der Waals surface area contributed by atoms with Gasteiger partial charge in [0, 0.05) is 34.0 Å². The number of hydrogen-bond acceptors (Lipinski definition) is 3. The van der Waals surface area contributed by atoms with Crippen LogP contribution in [0.25, 0.3) is 0 Å². The molecule has 4 heteroatoms. The Morgan fingerprint density at radius 2 is 1.63 bits per heavy atom. The largest absolute Gasteiger partial charge is 0.361 e. The first kappa shape index (κ1) is 18.6. The van der Waals surface area contributed by atoms with Crippen LogP contribution in [0.15, 0.2) is 85.1 Å². The van der Waals surface area contributed by atoms with Crippen LogP contribution in [0.5, 0.6) is 0 Å². The Kier molecular flexibility index (Phi) is 5.84. The fourth-order valence-electron chi connectivity index (χ4n) is 2.68. The molecule has 0 atom stereocenters. The van der Waals surface area contributed by atoms with E-state index < -0.39 is 0 Å². The number of aryl methyl sites for hydroxylation is 1. The van der Waals surface area contributed by atoms with Crippen LogP contribution >= 0.6 is 11.6 Å². The fraction of sp³-hybridized carbons (Fsp3) is 0.0435. The summed E-state index contributed by atoms with van der Waals surface area (Å²) < 4.78 is 0. The molecule has 0 aliphatic carbocycles. The Bertz CT molecular complexity index is 1010. The number of halogens is 1. The highest BCUT2D eigenvalue weighted by molar-refractivity contribution is 6.31. The minimum atomic E-state index is -0.121. The number of allylic oxidation sites excluding steroid dienone is 1. The van der Waals surface area contributed by atoms with Gasteiger partial charge >= 0.3 is 0 Å². The Labute approximate surface area is 163 Å². The Morgan fingerprint density at radius 3 is 2.37 bits per heavy atom. The van der Waals surface area contributed by atoms with Gasteiger partial charge in [-0.2, -0.15) is 0 Å². The van der Waals surface area contributed by atoms with Crippen molar-refractivity contribution in [2.45, 2.75) is 6.92 Å². The van der Waals surface area contributed by atoms with Gasteiger partial charge < -0.3 is 5.32 Å². The lowest BCUT2D eigenvalue weighted by atomic mass is 10.0. The van der Waals surface area contributed by atoms with Crippen LogP contribution in [0.4, 0.5) is 5.69 Å². The molecule has 27 heavy (non-hydrogen) atoms. The Balaban J connectivity index is 1.81. The summed E-state index contributed by atoms with van der Waals surface area (Å²) in [6.07, 6.45) is 2.96. The summed E-state index contributed by atoms with van der Waals surface area (Å²) in [5.74, 6) is -0.239. The lowest BCUT2D eigenvalue weighted by Gasteiger charge is -2.09. The number of hydrogen-bond donors (Lipinski definition) is 1. The third-order valence-electron chi connectivity index (χ3n) is 4.04. The Morgan fingerprint density at radius 1 is 0.889 bits per heavy atom. The normalized spacial score (nSPS) is 10.7. The molecule has 3 aromatic carbocycles. The van der Waals surface area contributed by atoms with E-state index in [1.807, 2.05) is 43.3 Å². The van der Waals surface area contributed by atoms with E-state index in [4.69, 9.17) is 11.6 Å². The van der Waals surface area contributed by atoms with Gasteiger partial charge in [0.05, 0.1) is 5.69 Å². The molecule has 3 aromatic rings. The topological polar surface area (TPSA) is 46.2 Å². The zero-order valence-corrected chi connectivity index (χ0v) is 15.5. The van der Waals surface area contributed by atoms with Crippen molar-refractivity contribution in [3.05, 3.63) is 112 Å². The smallest absolute Gasteiger partial charge is 0.195 e. The molecule has 134 valence electrons. The number of benzene rings is 3. The summed E-state index contributed by atoms with van der Waals surface area (Å²) >= 11 is 6.08. The molecular weight excluding hydrogens is 358 g/mol. The first-order chi connectivity index (χ1) is 13.0. The highest BCUT2D eigenvalue weighted by Gasteiger charge is 2.13. The maximum atomic E-state index is 12.8. The number of carbonyl (C=O) groups excluding carboxylic acids is 2. The average Bonchev–Trinajstić information content (AvgIpc) is 2.68. The number of carbonyl (C=O) groups is 2. The van der Waals surface area contributed by atoms with Crippen LogP contribution in [0.3, 0.4) is 0 Å². The minimum Gasteiger partial charge on any atom is -0.361 e. The molecule has 3 rings (SSSR count). The summed E-state index contributed by atoms with van der Waals surface area (Å²) in [5, 5.41) is 3.51. The summed E-state index contributed by atoms with van der Waals surface area (Å²) in [4.78, 5) is 25.0. The van der Waals surface area contributed by atoms with Crippen molar-refractivity contribution < 1.29 is 9.59 Å². The van der Waals surface area contributed by atoms with E-state index in [1.54, 1.807) is 36.4 Å². The van der Waals surface area contributed by atoms with Crippen LogP contribution in [-0.4, -0.2) is 11.6 Å². The van der Waals surface area contributed by atoms with Gasteiger partial charge in [-0.05, 0) is 31.2 Å². The van der Waals surface area contributed by atoms with Gasteiger partial charge in [-0.15, -0.1) is 0 Å². The summed E-state index contributed by atoms with van der Waals surface area (Å²) in [6.45, 7) is 1.94. The molecule has 0 unspecified atom stereocenters. The average molecular weight is 376 g/mol. The highest BCUT2D eigenvalue weighted by Crippen LogP contribution is 2.24. The molecule has 0 amide bonds. The van der Waals surface area contributed by atoms with Crippen LogP contribution in [0.1, 0.15) is 31.8 Å². The number of rotatable bonds is 6. The SMILES string of the molecule is Cc1cccc(C(=O)C=CNc2cc(Cl)ccc2C(=O)c2ccccc2)c1. The lowest BCUT2D eigenvalue weighted by Crippen LogP contribution is -2.05. The molecule has 0 spiro atoms. The predicted octanol–water partition coefficient (Wildman–Crippen LogP) is 5.69. The predicted molar refractivity (Wildman–Crippen MR) is 110 cm³/mol. The summed E-state index contributed by atoms with van der Waals surface area (Å²) in [6, 6.07) is 21.4. The minimum absolute atomic E-state index is 0.117. The van der Waals surface area contributed by atoms with Gasteiger partial charge in [-0.1, -0.05) is 65.7 Å². The fourth-order valence-corrected chi connectivity index (χ4v) is 2.85. The molecule has 1 N–H and O–H groups in total. The second kappa shape index (κ2) is 8.47. The van der Waals surface area contributed by atoms with Crippen LogP contribution in [-0.2, 0) is 0 Å². The van der Waals surface area contributed by atoms with E-state index in [2.05, 4.69) is 5.32 Å². The van der Waals surface area contributed by atoms with Crippen molar-refractivity contribution in [3.63, 3.8) is 0 Å². The summed E-state index contributed by atoms with van der Waals surface area (Å²) in [7, 11) is 0. The van der Waals surface area contributed by atoms with Crippen LogP contribution in [0, 0.1) is 6.92 Å². The van der Waals surface area contributed by atoms with Crippen LogP contribution < -0.4 is 5.32 Å². The molecule has 0 bridgehead atoms. The van der Waals surface area contributed by atoms with Gasteiger partial charge in [-0.3, -0.25) is 9.59 Å². The van der Waals surface area contributed by atoms with Gasteiger partial charge in [0.15, 0.2) is 11.6 Å². The molecule has 0 fully saturated rings. The third kappa shape index (κ3) is 4.72. The molecule has 3 nitrogen and oxygen atoms in total. The standard InChI is InChI=1S/C23H18ClNO2/c1-16-6-5-9-18(14-16)22(26)12-13-25-21-15-19(24)10-11-20(21)23(27)17-7-3-2-4-8-17/h2-15,25H,1H3. The first-order valence-corrected chi connectivity index (χ1v) is 8.86. The van der Waals surface area contributed by atoms with E-state index in [-0.39, 0.29) is 11.6 Å². The Hall–Kier alpha value is -3.17. The maximum Gasteiger partial charge on any atom is 0.195 e. The molecule has 0 saturated carbocycles. The van der Waals surface area contributed by atoms with Crippen molar-refractivity contribution in [2.75, 3.05) is 5.32 Å². The van der Waals surface area contributed by atoms with Gasteiger partial charge in [-0.25, -0.2) is 0 Å².